The molecule has 0 aliphatic carbocycles. The molecule has 5 N–H and O–H groups in total. The summed E-state index contributed by atoms with van der Waals surface area (Å²) in [5, 5.41) is 8.00. The number of hydrogen-bond acceptors (Lipinski definition) is 4. The molecule has 1 aliphatic rings. The van der Waals surface area contributed by atoms with Crippen molar-refractivity contribution in [2.24, 2.45) is 11.7 Å². The molecule has 148 valence electrons. The van der Waals surface area contributed by atoms with Gasteiger partial charge < -0.3 is 26.6 Å². The Kier molecular flexibility index (Phi) is 8.87. The molecule has 1 aliphatic heterocycles. The number of carbonyl (C=O) groups excluding carboxylic acids is 4. The van der Waals surface area contributed by atoms with Gasteiger partial charge in [-0.15, -0.1) is 0 Å². The van der Waals surface area contributed by atoms with Crippen LogP contribution in [-0.4, -0.2) is 60.9 Å². The average molecular weight is 369 g/mol. The van der Waals surface area contributed by atoms with Crippen LogP contribution in [0.15, 0.2) is 0 Å². The molecule has 1 fully saturated rings. The Balaban J connectivity index is 2.39. The van der Waals surface area contributed by atoms with Crippen LogP contribution in [0.5, 0.6) is 0 Å². The van der Waals surface area contributed by atoms with Crippen molar-refractivity contribution in [3.63, 3.8) is 0 Å². The number of hydrogen-bond donors (Lipinski definition) is 4. The van der Waals surface area contributed by atoms with Crippen molar-refractivity contribution in [1.82, 2.24) is 20.9 Å². The first-order chi connectivity index (χ1) is 12.2. The van der Waals surface area contributed by atoms with E-state index in [0.29, 0.717) is 19.4 Å². The number of urea groups is 1. The molecule has 3 atom stereocenters. The van der Waals surface area contributed by atoms with E-state index in [1.54, 1.807) is 7.05 Å². The number of nitrogens with zero attached hydrogens (tertiary/aromatic N) is 1. The summed E-state index contributed by atoms with van der Waals surface area (Å²) in [5.74, 6) is -0.475. The van der Waals surface area contributed by atoms with Crippen molar-refractivity contribution >= 4 is 23.8 Å². The van der Waals surface area contributed by atoms with E-state index in [1.165, 1.54) is 4.90 Å². The first-order valence-electron chi connectivity index (χ1n) is 9.11. The number of piperidine rings is 1. The fourth-order valence-electron chi connectivity index (χ4n) is 2.84. The van der Waals surface area contributed by atoms with Gasteiger partial charge in [0.2, 0.25) is 17.7 Å². The monoisotopic (exact) mass is 369 g/mol. The van der Waals surface area contributed by atoms with Gasteiger partial charge >= 0.3 is 6.03 Å². The van der Waals surface area contributed by atoms with Gasteiger partial charge in [0.25, 0.3) is 0 Å². The molecule has 0 aromatic carbocycles. The molecule has 5 amide bonds. The van der Waals surface area contributed by atoms with Crippen LogP contribution in [0.3, 0.4) is 0 Å². The number of carbonyl (C=O) groups is 4. The molecule has 1 heterocycles. The summed E-state index contributed by atoms with van der Waals surface area (Å²) in [6, 6.07) is -1.56. The number of rotatable bonds is 9. The summed E-state index contributed by atoms with van der Waals surface area (Å²) in [6.07, 6.45) is 3.09. The van der Waals surface area contributed by atoms with Crippen molar-refractivity contribution in [2.45, 2.75) is 58.0 Å². The van der Waals surface area contributed by atoms with Gasteiger partial charge in [-0.25, -0.2) is 4.79 Å². The topological polar surface area (TPSA) is 134 Å². The second-order valence-electron chi connectivity index (χ2n) is 6.84. The van der Waals surface area contributed by atoms with Crippen LogP contribution < -0.4 is 21.7 Å². The first-order valence-corrected chi connectivity index (χ1v) is 9.11. The molecule has 0 radical (unpaired) electrons. The quantitative estimate of drug-likeness (QED) is 0.444. The van der Waals surface area contributed by atoms with Crippen LogP contribution in [0.2, 0.25) is 0 Å². The summed E-state index contributed by atoms with van der Waals surface area (Å²) < 4.78 is 0. The SMILES string of the molecule is CC[C@H](C)[C@H](NC(N)=O)C(=O)NCCN(C)C(=O)CC1CCCC(=O)N1. The Bertz CT molecular complexity index is 525. The lowest BCUT2D eigenvalue weighted by molar-refractivity contribution is -0.132. The zero-order valence-corrected chi connectivity index (χ0v) is 15.8. The summed E-state index contributed by atoms with van der Waals surface area (Å²) >= 11 is 0. The average Bonchev–Trinajstić information content (AvgIpc) is 2.58. The number of primary amides is 1. The third kappa shape index (κ3) is 7.28. The third-order valence-corrected chi connectivity index (χ3v) is 4.71. The highest BCUT2D eigenvalue weighted by Crippen LogP contribution is 2.12. The Morgan fingerprint density at radius 1 is 1.38 bits per heavy atom. The van der Waals surface area contributed by atoms with Gasteiger partial charge in [0.15, 0.2) is 0 Å². The van der Waals surface area contributed by atoms with Crippen molar-refractivity contribution in [1.29, 1.82) is 0 Å². The Morgan fingerprint density at radius 2 is 2.08 bits per heavy atom. The molecule has 0 saturated carbocycles. The standard InChI is InChI=1S/C17H31N5O4/c1-4-11(2)15(21-17(18)26)16(25)19-8-9-22(3)14(24)10-12-6-5-7-13(23)20-12/h11-12,15H,4-10H2,1-3H3,(H,19,25)(H,20,23)(H3,18,21,26)/t11-,12?,15-/m0/s1. The van der Waals surface area contributed by atoms with Crippen molar-refractivity contribution in [3.8, 4) is 0 Å². The van der Waals surface area contributed by atoms with Crippen LogP contribution in [0.4, 0.5) is 4.79 Å². The molecule has 0 spiro atoms. The van der Waals surface area contributed by atoms with Crippen molar-refractivity contribution < 1.29 is 19.2 Å². The lowest BCUT2D eigenvalue weighted by atomic mass is 9.98. The maximum Gasteiger partial charge on any atom is 0.312 e. The zero-order valence-electron chi connectivity index (χ0n) is 15.8. The van der Waals surface area contributed by atoms with Crippen molar-refractivity contribution in [2.75, 3.05) is 20.1 Å². The summed E-state index contributed by atoms with van der Waals surface area (Å²) in [4.78, 5) is 48.4. The minimum atomic E-state index is -0.743. The molecule has 26 heavy (non-hydrogen) atoms. The highest BCUT2D eigenvalue weighted by Gasteiger charge is 2.25. The van der Waals surface area contributed by atoms with Gasteiger partial charge in [-0.1, -0.05) is 20.3 Å². The van der Waals surface area contributed by atoms with E-state index in [0.717, 1.165) is 12.8 Å². The summed E-state index contributed by atoms with van der Waals surface area (Å²) in [5.41, 5.74) is 5.13. The fraction of sp³-hybridized carbons (Fsp3) is 0.765. The van der Waals surface area contributed by atoms with Gasteiger partial charge in [0.05, 0.1) is 0 Å². The predicted octanol–water partition coefficient (Wildman–Crippen LogP) is -0.297. The van der Waals surface area contributed by atoms with Crippen LogP contribution in [0, 0.1) is 5.92 Å². The minimum Gasteiger partial charge on any atom is -0.353 e. The van der Waals surface area contributed by atoms with Crippen molar-refractivity contribution in [3.05, 3.63) is 0 Å². The predicted molar refractivity (Wildman–Crippen MR) is 97.0 cm³/mol. The van der Waals surface area contributed by atoms with E-state index in [2.05, 4.69) is 16.0 Å². The van der Waals surface area contributed by atoms with Gasteiger partial charge in [0.1, 0.15) is 6.04 Å². The molecule has 1 rings (SSSR count). The van der Waals surface area contributed by atoms with Crippen LogP contribution >= 0.6 is 0 Å². The normalized spacial score (nSPS) is 19.0. The molecule has 0 aromatic heterocycles. The fourth-order valence-corrected chi connectivity index (χ4v) is 2.84. The van der Waals surface area contributed by atoms with Crippen LogP contribution in [0.1, 0.15) is 46.0 Å². The summed E-state index contributed by atoms with van der Waals surface area (Å²) in [6.45, 7) is 4.39. The Hall–Kier alpha value is -2.32. The van der Waals surface area contributed by atoms with E-state index in [4.69, 9.17) is 5.73 Å². The first kappa shape index (κ1) is 21.7. The summed E-state index contributed by atoms with van der Waals surface area (Å²) in [7, 11) is 1.66. The molecular formula is C17H31N5O4. The van der Waals surface area contributed by atoms with E-state index in [9.17, 15) is 19.2 Å². The number of nitrogens with two attached hydrogens (primary N) is 1. The molecule has 9 nitrogen and oxygen atoms in total. The van der Waals surface area contributed by atoms with Gasteiger partial charge in [0, 0.05) is 39.0 Å². The van der Waals surface area contributed by atoms with E-state index in [-0.39, 0.29) is 42.6 Å². The zero-order chi connectivity index (χ0) is 19.7. The number of amides is 5. The second kappa shape index (κ2) is 10.6. The van der Waals surface area contributed by atoms with Gasteiger partial charge in [-0.2, -0.15) is 0 Å². The molecule has 1 saturated heterocycles. The smallest absolute Gasteiger partial charge is 0.312 e. The van der Waals surface area contributed by atoms with Crippen LogP contribution in [-0.2, 0) is 14.4 Å². The maximum atomic E-state index is 12.3. The maximum absolute atomic E-state index is 12.3. The minimum absolute atomic E-state index is 0.0120. The van der Waals surface area contributed by atoms with E-state index >= 15 is 0 Å². The largest absolute Gasteiger partial charge is 0.353 e. The highest BCUT2D eigenvalue weighted by atomic mass is 16.2. The van der Waals surface area contributed by atoms with Crippen LogP contribution in [0.25, 0.3) is 0 Å². The Labute approximate surface area is 154 Å². The Morgan fingerprint density at radius 3 is 2.65 bits per heavy atom. The second-order valence-corrected chi connectivity index (χ2v) is 6.84. The molecule has 0 bridgehead atoms. The molecule has 1 unspecified atom stereocenters. The lowest BCUT2D eigenvalue weighted by Gasteiger charge is -2.26. The number of likely N-dealkylation sites (N-methyl/N-ethyl adjacent to an activating group) is 1. The van der Waals surface area contributed by atoms with Gasteiger partial charge in [-0.3, -0.25) is 14.4 Å². The lowest BCUT2D eigenvalue weighted by Crippen LogP contribution is -2.52. The van der Waals surface area contributed by atoms with E-state index in [1.807, 2.05) is 13.8 Å². The third-order valence-electron chi connectivity index (χ3n) is 4.71. The van der Waals surface area contributed by atoms with E-state index < -0.39 is 12.1 Å². The molecule has 9 heteroatoms. The molecular weight excluding hydrogens is 338 g/mol. The number of nitrogens with one attached hydrogen (secondary N) is 3. The molecule has 0 aromatic rings. The highest BCUT2D eigenvalue weighted by molar-refractivity contribution is 5.86. The van der Waals surface area contributed by atoms with Gasteiger partial charge in [-0.05, 0) is 18.8 Å².